The summed E-state index contributed by atoms with van der Waals surface area (Å²) in [7, 11) is 0. The molecule has 0 aromatic heterocycles. The van der Waals surface area contributed by atoms with E-state index in [9.17, 15) is 0 Å². The fourth-order valence-corrected chi connectivity index (χ4v) is 8.11. The zero-order valence-electron chi connectivity index (χ0n) is 34.5. The molecule has 0 bridgehead atoms. The predicted molar refractivity (Wildman–Crippen MR) is 254 cm³/mol. The van der Waals surface area contributed by atoms with Crippen LogP contribution in [-0.4, -0.2) is 6.61 Å². The molecule has 0 spiro atoms. The number of fused-ring (bicyclic) bond motifs is 4. The van der Waals surface area contributed by atoms with Gasteiger partial charge in [-0.05, 0) is 157 Å². The quantitative estimate of drug-likeness (QED) is 0.0699. The van der Waals surface area contributed by atoms with Crippen molar-refractivity contribution >= 4 is 43.1 Å². The van der Waals surface area contributed by atoms with Crippen molar-refractivity contribution < 1.29 is 9.47 Å². The number of unbranched alkanes of at least 4 members (excludes halogenated alkanes) is 5. The SMILES string of the molecule is C#CC#CC#CC#COc1ccc2cc(-c3c4ccc(-c5ccc(C)cc5)cc4c(-c4ccc5cc(OCCCCCCCC)ccc5c4)c4ccc(C)cc34)ccc2c1. The first-order chi connectivity index (χ1) is 29.5. The number of hydrogen-bond donors (Lipinski definition) is 0. The Kier molecular flexibility index (Phi) is 12.2. The first-order valence-corrected chi connectivity index (χ1v) is 20.9. The van der Waals surface area contributed by atoms with Gasteiger partial charge in [-0.1, -0.05) is 141 Å². The van der Waals surface area contributed by atoms with Gasteiger partial charge < -0.3 is 9.47 Å². The Morgan fingerprint density at radius 3 is 1.68 bits per heavy atom. The molecular formula is C58H46O2. The maximum atomic E-state index is 6.22. The maximum absolute atomic E-state index is 6.22. The summed E-state index contributed by atoms with van der Waals surface area (Å²) in [4.78, 5) is 0. The molecule has 0 aliphatic heterocycles. The van der Waals surface area contributed by atoms with Gasteiger partial charge in [0.1, 0.15) is 17.6 Å². The van der Waals surface area contributed by atoms with Crippen LogP contribution in [-0.2, 0) is 0 Å². The highest BCUT2D eigenvalue weighted by atomic mass is 16.5. The lowest BCUT2D eigenvalue weighted by molar-refractivity contribution is 0.305. The second-order valence-corrected chi connectivity index (χ2v) is 15.5. The molecule has 0 unspecified atom stereocenters. The average Bonchev–Trinajstić information content (AvgIpc) is 3.27. The van der Waals surface area contributed by atoms with Crippen LogP contribution >= 0.6 is 0 Å². The standard InChI is InChI=1S/C58H46O2/c1-5-7-9-11-13-15-33-59-51-29-26-44-36-49(24-22-46(44)38-51)57-54-32-28-48(43-20-17-41(3)18-21-43)40-56(54)58(53-31-19-42(4)35-55(53)57)50-25-23-47-39-52(30-27-45(47)37-50)60-34-16-14-12-10-8-6-2/h1,17-32,35-40H,6,8,10,12,14,16,34H2,2-4H3. The molecule has 0 amide bonds. The minimum absolute atomic E-state index is 0.645. The van der Waals surface area contributed by atoms with E-state index in [0.717, 1.165) is 35.1 Å². The first kappa shape index (κ1) is 39.5. The topological polar surface area (TPSA) is 18.5 Å². The predicted octanol–water partition coefficient (Wildman–Crippen LogP) is 14.6. The fraction of sp³-hybridized carbons (Fsp3) is 0.172. The molecule has 0 saturated carbocycles. The molecule has 0 atom stereocenters. The van der Waals surface area contributed by atoms with Crippen molar-refractivity contribution in [2.75, 3.05) is 6.61 Å². The van der Waals surface area contributed by atoms with E-state index in [4.69, 9.17) is 15.9 Å². The van der Waals surface area contributed by atoms with Crippen LogP contribution in [0, 0.1) is 61.9 Å². The lowest BCUT2D eigenvalue weighted by Crippen LogP contribution is -1.97. The van der Waals surface area contributed by atoms with Crippen molar-refractivity contribution in [3.63, 3.8) is 0 Å². The Balaban J connectivity index is 1.22. The summed E-state index contributed by atoms with van der Waals surface area (Å²) < 4.78 is 11.9. The van der Waals surface area contributed by atoms with Gasteiger partial charge in [-0.3, -0.25) is 0 Å². The van der Waals surface area contributed by atoms with Crippen molar-refractivity contribution in [2.45, 2.75) is 59.3 Å². The highest BCUT2D eigenvalue weighted by Gasteiger charge is 2.19. The van der Waals surface area contributed by atoms with Crippen LogP contribution in [0.1, 0.15) is 56.6 Å². The first-order valence-electron chi connectivity index (χ1n) is 20.9. The molecule has 0 aliphatic rings. The van der Waals surface area contributed by atoms with Crippen molar-refractivity contribution in [3.05, 3.63) is 145 Å². The van der Waals surface area contributed by atoms with Crippen molar-refractivity contribution in [3.8, 4) is 92.9 Å². The molecule has 8 aromatic carbocycles. The Labute approximate surface area is 354 Å². The number of rotatable bonds is 12. The Morgan fingerprint density at radius 1 is 0.433 bits per heavy atom. The van der Waals surface area contributed by atoms with Crippen LogP contribution in [0.3, 0.4) is 0 Å². The number of hydrogen-bond acceptors (Lipinski definition) is 2. The van der Waals surface area contributed by atoms with Gasteiger partial charge in [-0.25, -0.2) is 0 Å². The van der Waals surface area contributed by atoms with E-state index < -0.39 is 0 Å². The van der Waals surface area contributed by atoms with E-state index >= 15 is 0 Å². The summed E-state index contributed by atoms with van der Waals surface area (Å²) >= 11 is 0. The van der Waals surface area contributed by atoms with Gasteiger partial charge in [0.15, 0.2) is 0 Å². The molecule has 0 N–H and O–H groups in total. The van der Waals surface area contributed by atoms with Gasteiger partial charge in [0.25, 0.3) is 0 Å². The minimum Gasteiger partial charge on any atom is -0.494 e. The number of benzene rings is 8. The largest absolute Gasteiger partial charge is 0.494 e. The number of terminal acetylenes is 1. The molecule has 0 saturated heterocycles. The van der Waals surface area contributed by atoms with Crippen molar-refractivity contribution in [1.82, 2.24) is 0 Å². The van der Waals surface area contributed by atoms with Crippen LogP contribution in [0.15, 0.2) is 133 Å². The molecular weight excluding hydrogens is 729 g/mol. The molecule has 2 heteroatoms. The van der Waals surface area contributed by atoms with E-state index in [-0.39, 0.29) is 0 Å². The highest BCUT2D eigenvalue weighted by Crippen LogP contribution is 2.46. The summed E-state index contributed by atoms with van der Waals surface area (Å²) in [5, 5.41) is 9.40. The summed E-state index contributed by atoms with van der Waals surface area (Å²) in [5.41, 5.74) is 9.65. The lowest BCUT2D eigenvalue weighted by Gasteiger charge is -2.20. The molecule has 290 valence electrons. The van der Waals surface area contributed by atoms with Crippen LogP contribution in [0.2, 0.25) is 0 Å². The van der Waals surface area contributed by atoms with Crippen LogP contribution in [0.5, 0.6) is 11.5 Å². The van der Waals surface area contributed by atoms with Crippen molar-refractivity contribution in [2.24, 2.45) is 0 Å². The fourth-order valence-electron chi connectivity index (χ4n) is 8.11. The van der Waals surface area contributed by atoms with Gasteiger partial charge in [-0.15, -0.1) is 6.42 Å². The van der Waals surface area contributed by atoms with E-state index in [0.29, 0.717) is 5.75 Å². The van der Waals surface area contributed by atoms with Gasteiger partial charge in [-0.2, -0.15) is 0 Å². The zero-order chi connectivity index (χ0) is 41.3. The highest BCUT2D eigenvalue weighted by molar-refractivity contribution is 6.22. The molecule has 0 aliphatic carbocycles. The Morgan fingerprint density at radius 2 is 0.967 bits per heavy atom. The van der Waals surface area contributed by atoms with E-state index in [1.807, 2.05) is 12.1 Å². The molecule has 8 rings (SSSR count). The molecule has 0 heterocycles. The molecule has 0 fully saturated rings. The van der Waals surface area contributed by atoms with Gasteiger partial charge >= 0.3 is 0 Å². The monoisotopic (exact) mass is 774 g/mol. The van der Waals surface area contributed by atoms with E-state index in [2.05, 4.69) is 184 Å². The van der Waals surface area contributed by atoms with Gasteiger partial charge in [0.2, 0.25) is 0 Å². The van der Waals surface area contributed by atoms with E-state index in [1.54, 1.807) is 0 Å². The minimum atomic E-state index is 0.645. The smallest absolute Gasteiger partial charge is 0.140 e. The average molecular weight is 775 g/mol. The summed E-state index contributed by atoms with van der Waals surface area (Å²) in [6.45, 7) is 7.33. The molecule has 0 radical (unpaired) electrons. The summed E-state index contributed by atoms with van der Waals surface area (Å²) in [6.07, 6.45) is 15.3. The third kappa shape index (κ3) is 8.87. The van der Waals surface area contributed by atoms with Gasteiger partial charge in [0.05, 0.1) is 6.61 Å². The number of ether oxygens (including phenoxy) is 2. The van der Waals surface area contributed by atoms with Gasteiger partial charge in [0, 0.05) is 17.8 Å². The normalized spacial score (nSPS) is 10.6. The van der Waals surface area contributed by atoms with E-state index in [1.165, 1.54) is 103 Å². The summed E-state index contributed by atoms with van der Waals surface area (Å²) in [6, 6.07) is 48.8. The second kappa shape index (κ2) is 18.5. The molecule has 60 heavy (non-hydrogen) atoms. The Hall–Kier alpha value is -7.36. The van der Waals surface area contributed by atoms with Crippen LogP contribution < -0.4 is 9.47 Å². The zero-order valence-corrected chi connectivity index (χ0v) is 34.5. The summed E-state index contributed by atoms with van der Waals surface area (Å²) in [5.74, 6) is 16.7. The lowest BCUT2D eigenvalue weighted by atomic mass is 9.83. The second-order valence-electron chi connectivity index (χ2n) is 15.5. The third-order valence-electron chi connectivity index (χ3n) is 11.2. The van der Waals surface area contributed by atoms with Crippen LogP contribution in [0.4, 0.5) is 0 Å². The van der Waals surface area contributed by atoms with Crippen LogP contribution in [0.25, 0.3) is 76.5 Å². The van der Waals surface area contributed by atoms with Crippen molar-refractivity contribution in [1.29, 1.82) is 0 Å². The Bertz CT molecular complexity index is 3120. The molecule has 2 nitrogen and oxygen atoms in total. The molecule has 8 aromatic rings. The third-order valence-corrected chi connectivity index (χ3v) is 11.2. The maximum Gasteiger partial charge on any atom is 0.140 e. The number of aryl methyl sites for hydroxylation is 2.